The SMILES string of the molecule is CC(C)C[C@H](CO)NC(=O)C[C@@H](NC(=O)c1ccccc1Cl)c1ccccc1. The zero-order valence-corrected chi connectivity index (χ0v) is 16.9. The van der Waals surface area contributed by atoms with Crippen LogP contribution in [-0.4, -0.2) is 29.6 Å². The number of rotatable bonds is 9. The maximum atomic E-state index is 12.7. The van der Waals surface area contributed by atoms with Gasteiger partial charge in [0.25, 0.3) is 5.91 Å². The van der Waals surface area contributed by atoms with Crippen molar-refractivity contribution in [2.24, 2.45) is 5.92 Å². The summed E-state index contributed by atoms with van der Waals surface area (Å²) in [5.41, 5.74) is 1.18. The topological polar surface area (TPSA) is 78.4 Å². The van der Waals surface area contributed by atoms with E-state index in [1.54, 1.807) is 24.3 Å². The Kier molecular flexibility index (Phi) is 8.48. The summed E-state index contributed by atoms with van der Waals surface area (Å²) in [5, 5.41) is 15.6. The number of nitrogens with one attached hydrogen (secondary N) is 2. The molecule has 5 nitrogen and oxygen atoms in total. The molecular formula is C22H27ClN2O3. The molecule has 0 aliphatic carbocycles. The van der Waals surface area contributed by atoms with Crippen molar-refractivity contribution in [1.29, 1.82) is 0 Å². The van der Waals surface area contributed by atoms with E-state index in [0.717, 1.165) is 5.56 Å². The quantitative estimate of drug-likeness (QED) is 0.598. The Morgan fingerprint density at radius 1 is 1.00 bits per heavy atom. The second kappa shape index (κ2) is 10.8. The molecule has 0 aliphatic rings. The highest BCUT2D eigenvalue weighted by Gasteiger charge is 2.22. The van der Waals surface area contributed by atoms with E-state index in [1.165, 1.54) is 0 Å². The Morgan fingerprint density at radius 2 is 1.64 bits per heavy atom. The van der Waals surface area contributed by atoms with Crippen molar-refractivity contribution in [2.75, 3.05) is 6.61 Å². The normalized spacial score (nSPS) is 13.0. The maximum absolute atomic E-state index is 12.7. The minimum absolute atomic E-state index is 0.0643. The summed E-state index contributed by atoms with van der Waals surface area (Å²) in [6.07, 6.45) is 0.749. The minimum atomic E-state index is -0.511. The molecule has 0 saturated heterocycles. The Hall–Kier alpha value is -2.37. The van der Waals surface area contributed by atoms with Gasteiger partial charge in [-0.05, 0) is 30.0 Å². The van der Waals surface area contributed by atoms with Crippen LogP contribution in [0.25, 0.3) is 0 Å². The number of carbonyl (C=O) groups excluding carboxylic acids is 2. The number of amides is 2. The molecular weight excluding hydrogens is 376 g/mol. The number of hydrogen-bond donors (Lipinski definition) is 3. The van der Waals surface area contributed by atoms with Gasteiger partial charge in [-0.15, -0.1) is 0 Å². The molecule has 0 saturated carbocycles. The van der Waals surface area contributed by atoms with Gasteiger partial charge in [0.05, 0.1) is 35.7 Å². The van der Waals surface area contributed by atoms with E-state index in [9.17, 15) is 14.7 Å². The van der Waals surface area contributed by atoms with Gasteiger partial charge in [0.15, 0.2) is 0 Å². The van der Waals surface area contributed by atoms with Crippen molar-refractivity contribution in [3.8, 4) is 0 Å². The van der Waals surface area contributed by atoms with Crippen LogP contribution in [0.15, 0.2) is 54.6 Å². The van der Waals surface area contributed by atoms with Gasteiger partial charge < -0.3 is 15.7 Å². The van der Waals surface area contributed by atoms with E-state index in [0.29, 0.717) is 22.9 Å². The molecule has 0 unspecified atom stereocenters. The number of benzene rings is 2. The second-order valence-corrected chi connectivity index (χ2v) is 7.60. The molecule has 0 radical (unpaired) electrons. The summed E-state index contributed by atoms with van der Waals surface area (Å²) >= 11 is 6.12. The average molecular weight is 403 g/mol. The summed E-state index contributed by atoms with van der Waals surface area (Å²) in [4.78, 5) is 25.3. The molecule has 2 aromatic carbocycles. The standard InChI is InChI=1S/C22H27ClN2O3/c1-15(2)12-17(14-26)24-21(27)13-20(16-8-4-3-5-9-16)25-22(28)18-10-6-7-11-19(18)23/h3-11,15,17,20,26H,12-14H2,1-2H3,(H,24,27)(H,25,28)/t17-,20-/m1/s1. The first kappa shape index (κ1) is 21.9. The summed E-state index contributed by atoms with van der Waals surface area (Å²) < 4.78 is 0. The van der Waals surface area contributed by atoms with E-state index in [-0.39, 0.29) is 30.9 Å². The number of halogens is 1. The fraction of sp³-hybridized carbons (Fsp3) is 0.364. The molecule has 2 rings (SSSR count). The molecule has 0 fully saturated rings. The maximum Gasteiger partial charge on any atom is 0.253 e. The van der Waals surface area contributed by atoms with Crippen molar-refractivity contribution in [3.63, 3.8) is 0 Å². The van der Waals surface area contributed by atoms with Crippen LogP contribution < -0.4 is 10.6 Å². The Balaban J connectivity index is 2.13. The van der Waals surface area contributed by atoms with Crippen LogP contribution in [0.4, 0.5) is 0 Å². The zero-order chi connectivity index (χ0) is 20.5. The van der Waals surface area contributed by atoms with Gasteiger partial charge in [-0.25, -0.2) is 0 Å². The van der Waals surface area contributed by atoms with Crippen LogP contribution >= 0.6 is 11.6 Å². The second-order valence-electron chi connectivity index (χ2n) is 7.20. The third-order valence-corrected chi connectivity index (χ3v) is 4.69. The van der Waals surface area contributed by atoms with E-state index in [1.807, 2.05) is 44.2 Å². The molecule has 2 atom stereocenters. The Morgan fingerprint density at radius 3 is 2.25 bits per heavy atom. The van der Waals surface area contributed by atoms with Gasteiger partial charge in [-0.2, -0.15) is 0 Å². The lowest BCUT2D eigenvalue weighted by Crippen LogP contribution is -2.41. The highest BCUT2D eigenvalue weighted by Crippen LogP contribution is 2.20. The van der Waals surface area contributed by atoms with Gasteiger partial charge in [0, 0.05) is 0 Å². The van der Waals surface area contributed by atoms with E-state index in [2.05, 4.69) is 10.6 Å². The van der Waals surface area contributed by atoms with E-state index < -0.39 is 6.04 Å². The molecule has 2 amide bonds. The summed E-state index contributed by atoms with van der Waals surface area (Å²) in [5.74, 6) is -0.219. The zero-order valence-electron chi connectivity index (χ0n) is 16.2. The lowest BCUT2D eigenvalue weighted by molar-refractivity contribution is -0.122. The van der Waals surface area contributed by atoms with Crippen LogP contribution in [0.1, 0.15) is 48.7 Å². The van der Waals surface area contributed by atoms with Crippen LogP contribution in [0.2, 0.25) is 5.02 Å². The largest absolute Gasteiger partial charge is 0.394 e. The highest BCUT2D eigenvalue weighted by molar-refractivity contribution is 6.33. The molecule has 0 bridgehead atoms. The van der Waals surface area contributed by atoms with Gasteiger partial charge in [0.1, 0.15) is 0 Å². The molecule has 0 heterocycles. The number of carbonyl (C=O) groups is 2. The fourth-order valence-corrected chi connectivity index (χ4v) is 3.26. The highest BCUT2D eigenvalue weighted by atomic mass is 35.5. The van der Waals surface area contributed by atoms with E-state index in [4.69, 9.17) is 11.6 Å². The molecule has 150 valence electrons. The van der Waals surface area contributed by atoms with Crippen LogP contribution in [0.3, 0.4) is 0 Å². The molecule has 0 aromatic heterocycles. The van der Waals surface area contributed by atoms with Crippen LogP contribution in [0, 0.1) is 5.92 Å². The van der Waals surface area contributed by atoms with Crippen molar-refractivity contribution >= 4 is 23.4 Å². The van der Waals surface area contributed by atoms with Gasteiger partial charge >= 0.3 is 0 Å². The monoisotopic (exact) mass is 402 g/mol. The predicted octanol–water partition coefficient (Wildman–Crippen LogP) is 3.72. The third-order valence-electron chi connectivity index (χ3n) is 4.36. The molecule has 6 heteroatoms. The first-order valence-corrected chi connectivity index (χ1v) is 9.79. The first-order chi connectivity index (χ1) is 13.4. The Bertz CT molecular complexity index is 780. The fourth-order valence-electron chi connectivity index (χ4n) is 3.04. The van der Waals surface area contributed by atoms with Crippen molar-refractivity contribution < 1.29 is 14.7 Å². The van der Waals surface area contributed by atoms with Crippen molar-refractivity contribution in [3.05, 3.63) is 70.7 Å². The summed E-state index contributed by atoms with van der Waals surface area (Å²) in [6.45, 7) is 3.95. The molecule has 28 heavy (non-hydrogen) atoms. The number of aliphatic hydroxyl groups excluding tert-OH is 1. The van der Waals surface area contributed by atoms with Crippen LogP contribution in [-0.2, 0) is 4.79 Å². The smallest absolute Gasteiger partial charge is 0.253 e. The third kappa shape index (κ3) is 6.66. The van der Waals surface area contributed by atoms with Gasteiger partial charge in [-0.1, -0.05) is 67.9 Å². The van der Waals surface area contributed by atoms with Crippen molar-refractivity contribution in [2.45, 2.75) is 38.8 Å². The van der Waals surface area contributed by atoms with E-state index >= 15 is 0 Å². The lowest BCUT2D eigenvalue weighted by atomic mass is 10.0. The average Bonchev–Trinajstić information content (AvgIpc) is 2.67. The Labute approximate surface area is 171 Å². The molecule has 3 N–H and O–H groups in total. The van der Waals surface area contributed by atoms with Crippen molar-refractivity contribution in [1.82, 2.24) is 10.6 Å². The molecule has 0 aliphatic heterocycles. The molecule has 2 aromatic rings. The number of hydrogen-bond acceptors (Lipinski definition) is 3. The van der Waals surface area contributed by atoms with Crippen LogP contribution in [0.5, 0.6) is 0 Å². The summed E-state index contributed by atoms with van der Waals surface area (Å²) in [7, 11) is 0. The predicted molar refractivity (Wildman–Crippen MR) is 111 cm³/mol. The lowest BCUT2D eigenvalue weighted by Gasteiger charge is -2.22. The first-order valence-electron chi connectivity index (χ1n) is 9.41. The number of aliphatic hydroxyl groups is 1. The summed E-state index contributed by atoms with van der Waals surface area (Å²) in [6, 6.07) is 15.3. The molecule has 0 spiro atoms. The van der Waals surface area contributed by atoms with Gasteiger partial charge in [0.2, 0.25) is 5.91 Å². The minimum Gasteiger partial charge on any atom is -0.394 e. The van der Waals surface area contributed by atoms with Gasteiger partial charge in [-0.3, -0.25) is 9.59 Å².